The minimum atomic E-state index is 0.586. The van der Waals surface area contributed by atoms with Gasteiger partial charge in [-0.1, -0.05) is 36.4 Å². The highest BCUT2D eigenvalue weighted by molar-refractivity contribution is 5.71. The molecule has 3 heterocycles. The molecule has 120 valence electrons. The number of fused-ring (bicyclic) bond motifs is 2. The van der Waals surface area contributed by atoms with Gasteiger partial charge in [0.2, 0.25) is 0 Å². The number of aromatic nitrogens is 2. The Hall–Kier alpha value is -1.87. The lowest BCUT2D eigenvalue weighted by Gasteiger charge is -2.34. The Kier molecular flexibility index (Phi) is 3.61. The summed E-state index contributed by atoms with van der Waals surface area (Å²) >= 11 is 0. The van der Waals surface area contributed by atoms with Crippen LogP contribution < -0.4 is 0 Å². The molecular formula is C20H25N3. The van der Waals surface area contributed by atoms with Gasteiger partial charge in [0, 0.05) is 36.9 Å². The van der Waals surface area contributed by atoms with Crippen LogP contribution in [0.4, 0.5) is 0 Å². The Labute approximate surface area is 138 Å². The molecule has 1 saturated heterocycles. The van der Waals surface area contributed by atoms with Crippen LogP contribution in [0.1, 0.15) is 41.8 Å². The van der Waals surface area contributed by atoms with Gasteiger partial charge in [0.15, 0.2) is 0 Å². The van der Waals surface area contributed by atoms with Crippen molar-refractivity contribution in [3.8, 4) is 0 Å². The van der Waals surface area contributed by atoms with E-state index in [1.54, 1.807) is 0 Å². The van der Waals surface area contributed by atoms with Crippen molar-refractivity contribution in [2.45, 2.75) is 51.7 Å². The zero-order chi connectivity index (χ0) is 16.0. The number of hydrogen-bond donors (Lipinski definition) is 0. The summed E-state index contributed by atoms with van der Waals surface area (Å²) in [5.74, 6) is 0. The molecule has 2 aromatic rings. The highest BCUT2D eigenvalue weighted by Crippen LogP contribution is 2.40. The molecule has 2 aliphatic heterocycles. The van der Waals surface area contributed by atoms with Crippen molar-refractivity contribution in [1.29, 1.82) is 0 Å². The Morgan fingerprint density at radius 1 is 1.13 bits per heavy atom. The second-order valence-electron chi connectivity index (χ2n) is 7.02. The molecular weight excluding hydrogens is 282 g/mol. The molecule has 2 bridgehead atoms. The second kappa shape index (κ2) is 5.64. The van der Waals surface area contributed by atoms with E-state index in [0.29, 0.717) is 12.1 Å². The van der Waals surface area contributed by atoms with E-state index in [1.807, 2.05) is 11.7 Å². The van der Waals surface area contributed by atoms with E-state index in [0.717, 1.165) is 13.0 Å². The Bertz CT molecular complexity index is 742. The predicted molar refractivity (Wildman–Crippen MR) is 94.1 cm³/mol. The maximum absolute atomic E-state index is 4.61. The molecule has 0 spiro atoms. The molecule has 3 heteroatoms. The van der Waals surface area contributed by atoms with E-state index >= 15 is 0 Å². The summed E-state index contributed by atoms with van der Waals surface area (Å²) in [5, 5.41) is 4.61. The molecule has 0 N–H and O–H groups in total. The number of rotatable bonds is 3. The molecule has 3 nitrogen and oxygen atoms in total. The monoisotopic (exact) mass is 307 g/mol. The maximum Gasteiger partial charge on any atom is 0.0671 e. The molecule has 0 amide bonds. The van der Waals surface area contributed by atoms with Gasteiger partial charge in [0.1, 0.15) is 0 Å². The normalized spacial score (nSPS) is 24.0. The number of aryl methyl sites for hydroxylation is 2. The van der Waals surface area contributed by atoms with Crippen molar-refractivity contribution in [2.75, 3.05) is 0 Å². The summed E-state index contributed by atoms with van der Waals surface area (Å²) in [4.78, 5) is 2.69. The lowest BCUT2D eigenvalue weighted by molar-refractivity contribution is 0.203. The molecule has 23 heavy (non-hydrogen) atoms. The van der Waals surface area contributed by atoms with Gasteiger partial charge >= 0.3 is 0 Å². The topological polar surface area (TPSA) is 21.1 Å². The first kappa shape index (κ1) is 14.7. The zero-order valence-corrected chi connectivity index (χ0v) is 14.3. The SMILES string of the molecule is Cc1nn(C)c(C)c1C1=CC2CCC(C1)N2Cc1ccccc1. The predicted octanol–water partition coefficient (Wildman–Crippen LogP) is 3.86. The maximum atomic E-state index is 4.61. The van der Waals surface area contributed by atoms with Gasteiger partial charge in [-0.3, -0.25) is 9.58 Å². The van der Waals surface area contributed by atoms with Crippen LogP contribution in [-0.2, 0) is 13.6 Å². The van der Waals surface area contributed by atoms with Gasteiger partial charge in [0.25, 0.3) is 0 Å². The van der Waals surface area contributed by atoms with Crippen molar-refractivity contribution in [3.63, 3.8) is 0 Å². The molecule has 1 aromatic carbocycles. The fraction of sp³-hybridized carbons (Fsp3) is 0.450. The van der Waals surface area contributed by atoms with Crippen molar-refractivity contribution >= 4 is 5.57 Å². The van der Waals surface area contributed by atoms with E-state index < -0.39 is 0 Å². The van der Waals surface area contributed by atoms with Gasteiger partial charge in [-0.05, 0) is 44.2 Å². The fourth-order valence-electron chi connectivity index (χ4n) is 4.38. The summed E-state index contributed by atoms with van der Waals surface area (Å²) in [6.07, 6.45) is 6.29. The molecule has 4 rings (SSSR count). The minimum Gasteiger partial charge on any atom is -0.289 e. The first-order valence-electron chi connectivity index (χ1n) is 8.64. The molecule has 2 unspecified atom stereocenters. The first-order chi connectivity index (χ1) is 11.1. The highest BCUT2D eigenvalue weighted by Gasteiger charge is 2.37. The van der Waals surface area contributed by atoms with Gasteiger partial charge < -0.3 is 0 Å². The summed E-state index contributed by atoms with van der Waals surface area (Å²) in [6, 6.07) is 12.1. The van der Waals surface area contributed by atoms with E-state index in [9.17, 15) is 0 Å². The Balaban J connectivity index is 1.62. The van der Waals surface area contributed by atoms with Gasteiger partial charge in [-0.15, -0.1) is 0 Å². The van der Waals surface area contributed by atoms with Crippen molar-refractivity contribution in [1.82, 2.24) is 14.7 Å². The van der Waals surface area contributed by atoms with E-state index in [2.05, 4.69) is 60.3 Å². The third-order valence-corrected chi connectivity index (χ3v) is 5.58. The first-order valence-corrected chi connectivity index (χ1v) is 8.64. The van der Waals surface area contributed by atoms with Crippen LogP contribution in [0.2, 0.25) is 0 Å². The van der Waals surface area contributed by atoms with Crippen molar-refractivity contribution in [2.24, 2.45) is 7.05 Å². The van der Waals surface area contributed by atoms with E-state index in [4.69, 9.17) is 0 Å². The van der Waals surface area contributed by atoms with Crippen LogP contribution in [0.15, 0.2) is 36.4 Å². The van der Waals surface area contributed by atoms with E-state index in [-0.39, 0.29) is 0 Å². The molecule has 0 aliphatic carbocycles. The third kappa shape index (κ3) is 2.53. The largest absolute Gasteiger partial charge is 0.289 e. The highest BCUT2D eigenvalue weighted by atomic mass is 15.3. The van der Waals surface area contributed by atoms with Crippen molar-refractivity contribution in [3.05, 3.63) is 58.9 Å². The molecule has 2 aliphatic rings. The Morgan fingerprint density at radius 3 is 2.57 bits per heavy atom. The van der Waals surface area contributed by atoms with Gasteiger partial charge in [0.05, 0.1) is 5.69 Å². The molecule has 1 fully saturated rings. The van der Waals surface area contributed by atoms with Gasteiger partial charge in [-0.25, -0.2) is 0 Å². The zero-order valence-electron chi connectivity index (χ0n) is 14.3. The smallest absolute Gasteiger partial charge is 0.0671 e. The Morgan fingerprint density at radius 2 is 1.91 bits per heavy atom. The van der Waals surface area contributed by atoms with Crippen LogP contribution in [0, 0.1) is 13.8 Å². The standard InChI is InChI=1S/C20H25N3/c1-14-20(15(2)22(3)21-14)17-11-18-9-10-19(12-17)23(18)13-16-7-5-4-6-8-16/h4-8,11,18-19H,9-10,12-13H2,1-3H3. The average Bonchev–Trinajstić information content (AvgIpc) is 2.92. The number of benzene rings is 1. The lowest BCUT2D eigenvalue weighted by atomic mass is 9.93. The van der Waals surface area contributed by atoms with Crippen LogP contribution in [0.5, 0.6) is 0 Å². The second-order valence-corrected chi connectivity index (χ2v) is 7.02. The van der Waals surface area contributed by atoms with Crippen LogP contribution in [0.25, 0.3) is 5.57 Å². The summed E-state index contributed by atoms with van der Waals surface area (Å²) in [5.41, 5.74) is 6.81. The molecule has 0 radical (unpaired) electrons. The van der Waals surface area contributed by atoms with E-state index in [1.165, 1.54) is 40.9 Å². The lowest BCUT2D eigenvalue weighted by Crippen LogP contribution is -2.37. The average molecular weight is 307 g/mol. The fourth-order valence-corrected chi connectivity index (χ4v) is 4.38. The third-order valence-electron chi connectivity index (χ3n) is 5.58. The van der Waals surface area contributed by atoms with Crippen LogP contribution >= 0.6 is 0 Å². The number of hydrogen-bond acceptors (Lipinski definition) is 2. The van der Waals surface area contributed by atoms with Crippen LogP contribution in [0.3, 0.4) is 0 Å². The number of nitrogens with zero attached hydrogens (tertiary/aromatic N) is 3. The summed E-state index contributed by atoms with van der Waals surface area (Å²) < 4.78 is 2.02. The summed E-state index contributed by atoms with van der Waals surface area (Å²) in [6.45, 7) is 5.40. The molecule has 1 aromatic heterocycles. The minimum absolute atomic E-state index is 0.586. The molecule has 2 atom stereocenters. The van der Waals surface area contributed by atoms with Crippen LogP contribution in [-0.4, -0.2) is 26.8 Å². The van der Waals surface area contributed by atoms with Gasteiger partial charge in [-0.2, -0.15) is 5.10 Å². The quantitative estimate of drug-likeness (QED) is 0.858. The van der Waals surface area contributed by atoms with Crippen molar-refractivity contribution < 1.29 is 0 Å². The summed E-state index contributed by atoms with van der Waals surface area (Å²) in [7, 11) is 2.05. The molecule has 0 saturated carbocycles.